The van der Waals surface area contributed by atoms with Crippen LogP contribution in [0.2, 0.25) is 0 Å². The van der Waals surface area contributed by atoms with Crippen molar-refractivity contribution in [2.75, 3.05) is 26.8 Å². The lowest BCUT2D eigenvalue weighted by Gasteiger charge is -2.33. The van der Waals surface area contributed by atoms with Gasteiger partial charge in [-0.15, -0.1) is 0 Å². The highest BCUT2D eigenvalue weighted by atomic mass is 19.1. The number of carbonyl (C=O) groups excluding carboxylic acids is 1. The lowest BCUT2D eigenvalue weighted by molar-refractivity contribution is -0.136. The van der Waals surface area contributed by atoms with E-state index in [0.29, 0.717) is 48.9 Å². The SMILES string of the molecule is COc1cccc(-c2cc(F)ccc2[C@H]2CC3N=C(N)NC(C)=C3C(NOCC(=O)N3CC[C@H](O)C3)=N2)n1. The number of aliphatic hydroxyl groups is 1. The van der Waals surface area contributed by atoms with Gasteiger partial charge in [0, 0.05) is 42.4 Å². The summed E-state index contributed by atoms with van der Waals surface area (Å²) in [6.45, 7) is 2.41. The summed E-state index contributed by atoms with van der Waals surface area (Å²) in [7, 11) is 1.52. The molecule has 1 aromatic heterocycles. The number of allylic oxidation sites excluding steroid dienone is 1. The number of pyridine rings is 1. The van der Waals surface area contributed by atoms with Gasteiger partial charge in [-0.3, -0.25) is 14.6 Å². The number of fused-ring (bicyclic) bond motifs is 1. The van der Waals surface area contributed by atoms with Crippen LogP contribution in [0.4, 0.5) is 4.39 Å². The van der Waals surface area contributed by atoms with Crippen molar-refractivity contribution in [3.05, 3.63) is 59.0 Å². The van der Waals surface area contributed by atoms with E-state index in [1.54, 1.807) is 29.2 Å². The number of nitrogens with zero attached hydrogens (tertiary/aromatic N) is 4. The number of hydrogen-bond acceptors (Lipinski definition) is 10. The number of hydrogen-bond donors (Lipinski definition) is 4. The van der Waals surface area contributed by atoms with Gasteiger partial charge in [-0.05, 0) is 37.1 Å². The zero-order valence-corrected chi connectivity index (χ0v) is 21.1. The smallest absolute Gasteiger partial charge is 0.251 e. The molecule has 3 aliphatic heterocycles. The Bertz CT molecular complexity index is 1330. The topological polar surface area (TPSA) is 147 Å². The Hall–Kier alpha value is -4.03. The second-order valence-corrected chi connectivity index (χ2v) is 9.39. The van der Waals surface area contributed by atoms with Crippen LogP contribution in [-0.4, -0.2) is 71.6 Å². The van der Waals surface area contributed by atoms with Gasteiger partial charge in [-0.1, -0.05) is 12.1 Å². The number of nitrogens with two attached hydrogens (primary N) is 1. The van der Waals surface area contributed by atoms with Crippen molar-refractivity contribution in [1.29, 1.82) is 0 Å². The molecule has 3 aliphatic rings. The lowest BCUT2D eigenvalue weighted by Crippen LogP contribution is -2.45. The fourth-order valence-corrected chi connectivity index (χ4v) is 4.99. The molecule has 1 unspecified atom stereocenters. The molecule has 4 heterocycles. The minimum atomic E-state index is -0.510. The van der Waals surface area contributed by atoms with Crippen molar-refractivity contribution >= 4 is 17.7 Å². The number of aliphatic hydroxyl groups excluding tert-OH is 1. The normalized spacial score (nSPS) is 22.8. The summed E-state index contributed by atoms with van der Waals surface area (Å²) in [4.78, 5) is 33.6. The number of likely N-dealkylation sites (tertiary alicyclic amines) is 1. The Kier molecular flexibility index (Phi) is 7.25. The summed E-state index contributed by atoms with van der Waals surface area (Å²) in [6, 6.07) is 9.02. The molecule has 38 heavy (non-hydrogen) atoms. The highest BCUT2D eigenvalue weighted by molar-refractivity contribution is 6.02. The highest BCUT2D eigenvalue weighted by Crippen LogP contribution is 2.38. The summed E-state index contributed by atoms with van der Waals surface area (Å²) in [5.74, 6) is 0.455. The molecule has 0 bridgehead atoms. The van der Waals surface area contributed by atoms with Crippen molar-refractivity contribution in [3.8, 4) is 17.1 Å². The monoisotopic (exact) mass is 523 g/mol. The van der Waals surface area contributed by atoms with E-state index in [9.17, 15) is 14.3 Å². The standard InChI is InChI=1S/C26H30FN7O4/c1-14-24-21(32-26(28)29-14)11-20(31-25(24)33-38-13-23(36)34-9-8-16(35)12-34)17-7-6-15(27)10-18(17)19-4-3-5-22(30-19)37-2/h3-7,10,16,20-21,35H,8-9,11-13H2,1-2H3,(H,31,33)(H3,28,29,32)/t16-,20+,21?/m0/s1. The maximum Gasteiger partial charge on any atom is 0.251 e. The summed E-state index contributed by atoms with van der Waals surface area (Å²) in [5, 5.41) is 12.7. The van der Waals surface area contributed by atoms with Crippen molar-refractivity contribution in [1.82, 2.24) is 20.7 Å². The third-order valence-corrected chi connectivity index (χ3v) is 6.80. The summed E-state index contributed by atoms with van der Waals surface area (Å²) < 4.78 is 19.7. The number of rotatable bonds is 6. The largest absolute Gasteiger partial charge is 0.481 e. The first-order chi connectivity index (χ1) is 18.3. The van der Waals surface area contributed by atoms with Crippen LogP contribution in [0, 0.1) is 5.82 Å². The van der Waals surface area contributed by atoms with E-state index in [1.807, 2.05) is 6.92 Å². The first-order valence-electron chi connectivity index (χ1n) is 12.4. The van der Waals surface area contributed by atoms with Gasteiger partial charge in [-0.2, -0.15) is 0 Å². The maximum absolute atomic E-state index is 14.4. The predicted molar refractivity (Wildman–Crippen MR) is 139 cm³/mol. The van der Waals surface area contributed by atoms with Crippen LogP contribution in [0.1, 0.15) is 31.4 Å². The number of hydroxylamine groups is 1. The van der Waals surface area contributed by atoms with Crippen LogP contribution in [0.25, 0.3) is 11.3 Å². The molecular formula is C26H30FN7O4. The van der Waals surface area contributed by atoms with E-state index in [4.69, 9.17) is 20.3 Å². The number of nitrogens with one attached hydrogen (secondary N) is 2. The van der Waals surface area contributed by atoms with Crippen molar-refractivity contribution < 1.29 is 23.9 Å². The number of β-amino-alcohol motifs (C(OH)–C–C–N with tert-alkyl or cyclic N) is 1. The Labute approximate surface area is 219 Å². The average molecular weight is 524 g/mol. The molecule has 1 saturated heterocycles. The average Bonchev–Trinajstić information content (AvgIpc) is 3.34. The second-order valence-electron chi connectivity index (χ2n) is 9.39. The van der Waals surface area contributed by atoms with Crippen molar-refractivity contribution in [3.63, 3.8) is 0 Å². The molecule has 1 fully saturated rings. The molecule has 5 N–H and O–H groups in total. The minimum Gasteiger partial charge on any atom is -0.481 e. The number of amides is 1. The first kappa shape index (κ1) is 25.6. The van der Waals surface area contributed by atoms with Crippen molar-refractivity contribution in [2.45, 2.75) is 38.0 Å². The number of aliphatic imine (C=N–C) groups is 2. The van der Waals surface area contributed by atoms with E-state index in [1.165, 1.54) is 19.2 Å². The Morgan fingerprint density at radius 2 is 2.13 bits per heavy atom. The summed E-state index contributed by atoms with van der Waals surface area (Å²) in [5.41, 5.74) is 12.3. The van der Waals surface area contributed by atoms with Crippen LogP contribution in [0.5, 0.6) is 5.88 Å². The van der Waals surface area contributed by atoms with Gasteiger partial charge in [-0.25, -0.2) is 19.8 Å². The van der Waals surface area contributed by atoms with E-state index in [0.717, 1.165) is 16.8 Å². The molecule has 1 amide bonds. The molecule has 0 spiro atoms. The molecule has 0 aliphatic carbocycles. The van der Waals surface area contributed by atoms with E-state index in [2.05, 4.69) is 20.8 Å². The molecule has 2 aromatic rings. The Morgan fingerprint density at radius 1 is 1.29 bits per heavy atom. The second kappa shape index (κ2) is 10.8. The van der Waals surface area contributed by atoms with Gasteiger partial charge in [0.1, 0.15) is 5.82 Å². The predicted octanol–water partition coefficient (Wildman–Crippen LogP) is 1.41. The number of amidine groups is 1. The third kappa shape index (κ3) is 5.31. The van der Waals surface area contributed by atoms with Gasteiger partial charge >= 0.3 is 0 Å². The van der Waals surface area contributed by atoms with Gasteiger partial charge in [0.05, 0.1) is 31.0 Å². The van der Waals surface area contributed by atoms with Crippen molar-refractivity contribution in [2.24, 2.45) is 15.7 Å². The molecule has 12 heteroatoms. The summed E-state index contributed by atoms with van der Waals surface area (Å²) in [6.07, 6.45) is 0.520. The molecule has 11 nitrogen and oxygen atoms in total. The zero-order chi connectivity index (χ0) is 26.8. The third-order valence-electron chi connectivity index (χ3n) is 6.80. The Morgan fingerprint density at radius 3 is 2.89 bits per heavy atom. The number of aromatic nitrogens is 1. The van der Waals surface area contributed by atoms with Crippen LogP contribution in [0.15, 0.2) is 57.7 Å². The maximum atomic E-state index is 14.4. The zero-order valence-electron chi connectivity index (χ0n) is 21.1. The highest BCUT2D eigenvalue weighted by Gasteiger charge is 2.35. The molecule has 1 aromatic carbocycles. The minimum absolute atomic E-state index is 0.234. The number of ether oxygens (including phenoxy) is 1. The summed E-state index contributed by atoms with van der Waals surface area (Å²) >= 11 is 0. The van der Waals surface area contributed by atoms with E-state index in [-0.39, 0.29) is 24.5 Å². The Balaban J connectivity index is 1.46. The van der Waals surface area contributed by atoms with E-state index < -0.39 is 18.0 Å². The molecule has 200 valence electrons. The van der Waals surface area contributed by atoms with Crippen LogP contribution in [0.3, 0.4) is 0 Å². The molecule has 0 radical (unpaired) electrons. The molecule has 0 saturated carbocycles. The number of benzene rings is 1. The van der Waals surface area contributed by atoms with Crippen LogP contribution < -0.4 is 21.3 Å². The van der Waals surface area contributed by atoms with Gasteiger partial charge < -0.3 is 25.8 Å². The van der Waals surface area contributed by atoms with Crippen LogP contribution in [-0.2, 0) is 9.63 Å². The number of methoxy groups -OCH3 is 1. The fourth-order valence-electron chi connectivity index (χ4n) is 4.99. The quantitative estimate of drug-likeness (QED) is 0.416. The number of halogens is 1. The first-order valence-corrected chi connectivity index (χ1v) is 12.4. The van der Waals surface area contributed by atoms with Gasteiger partial charge in [0.15, 0.2) is 18.4 Å². The number of carbonyl (C=O) groups is 1. The number of guanidine groups is 1. The fraction of sp³-hybridized carbons (Fsp3) is 0.385. The molecule has 3 atom stereocenters. The van der Waals surface area contributed by atoms with Crippen LogP contribution >= 0.6 is 0 Å². The van der Waals surface area contributed by atoms with Gasteiger partial charge in [0.25, 0.3) is 5.91 Å². The van der Waals surface area contributed by atoms with E-state index >= 15 is 0 Å². The molecular weight excluding hydrogens is 493 g/mol. The molecule has 5 rings (SSSR count). The lowest BCUT2D eigenvalue weighted by atomic mass is 9.87. The van der Waals surface area contributed by atoms with Gasteiger partial charge in [0.2, 0.25) is 5.88 Å².